The Hall–Kier alpha value is -8.60. The zero-order valence-electron chi connectivity index (χ0n) is 34.9. The van der Waals surface area contributed by atoms with Crippen molar-refractivity contribution in [1.29, 1.82) is 0 Å². The van der Waals surface area contributed by atoms with Gasteiger partial charge in [0.2, 0.25) is 0 Å². The molecule has 4 nitrogen and oxygen atoms in total. The third kappa shape index (κ3) is 6.07. The highest BCUT2D eigenvalue weighted by Gasteiger charge is 2.24. The van der Waals surface area contributed by atoms with Gasteiger partial charge in [-0.2, -0.15) is 0 Å². The van der Waals surface area contributed by atoms with Crippen LogP contribution in [0.1, 0.15) is 0 Å². The number of hydrogen-bond acceptors (Lipinski definition) is 3. The van der Waals surface area contributed by atoms with Gasteiger partial charge >= 0.3 is 0 Å². The first-order valence-corrected chi connectivity index (χ1v) is 21.5. The summed E-state index contributed by atoms with van der Waals surface area (Å²) in [6.45, 7) is 9.23. The molecule has 0 fully saturated rings. The van der Waals surface area contributed by atoms with Crippen LogP contribution in [0.25, 0.3) is 105 Å². The zero-order valence-corrected chi connectivity index (χ0v) is 34.9. The Balaban J connectivity index is 1.10. The molecule has 0 aliphatic carbocycles. The molecule has 0 aliphatic rings. The third-order valence-corrected chi connectivity index (χ3v) is 12.5. The van der Waals surface area contributed by atoms with Crippen LogP contribution in [0, 0.1) is 0 Å². The fourth-order valence-electron chi connectivity index (χ4n) is 9.53. The predicted octanol–water partition coefficient (Wildman–Crippen LogP) is 17.0. The Bertz CT molecular complexity index is 3760. The third-order valence-electron chi connectivity index (χ3n) is 12.5. The van der Waals surface area contributed by atoms with Crippen LogP contribution < -0.4 is 4.90 Å². The predicted molar refractivity (Wildman–Crippen MR) is 269 cm³/mol. The minimum Gasteiger partial charge on any atom is -0.456 e. The molecule has 12 rings (SSSR count). The molecule has 0 spiro atoms. The molecule has 302 valence electrons. The first kappa shape index (κ1) is 37.2. The van der Waals surface area contributed by atoms with Gasteiger partial charge in [0.25, 0.3) is 0 Å². The first-order valence-electron chi connectivity index (χ1n) is 21.5. The average Bonchev–Trinajstić information content (AvgIpc) is 4.03. The van der Waals surface area contributed by atoms with Gasteiger partial charge in [0.05, 0.1) is 22.1 Å². The van der Waals surface area contributed by atoms with Crippen molar-refractivity contribution in [3.8, 4) is 33.4 Å². The van der Waals surface area contributed by atoms with Crippen LogP contribution in [0.3, 0.4) is 0 Å². The summed E-state index contributed by atoms with van der Waals surface area (Å²) >= 11 is 0. The van der Waals surface area contributed by atoms with Gasteiger partial charge < -0.3 is 18.3 Å². The van der Waals surface area contributed by atoms with Crippen molar-refractivity contribution in [2.75, 3.05) is 4.90 Å². The quantitative estimate of drug-likeness (QED) is 0.136. The summed E-state index contributed by atoms with van der Waals surface area (Å²) in [6, 6.07) is 72.2. The van der Waals surface area contributed by atoms with E-state index in [4.69, 9.17) is 15.4 Å². The molecule has 12 aromatic rings. The maximum absolute atomic E-state index is 7.01. The molecule has 0 aliphatic heterocycles. The van der Waals surface area contributed by atoms with Gasteiger partial charge in [0.1, 0.15) is 22.3 Å². The first-order chi connectivity index (χ1) is 31.6. The number of allylic oxidation sites excluding steroid dienone is 3. The molecular weight excluding hydrogens is 781 g/mol. The Morgan fingerprint density at radius 2 is 0.969 bits per heavy atom. The highest BCUT2D eigenvalue weighted by molar-refractivity contribution is 6.18. The molecule has 0 N–H and O–H groups in total. The Morgan fingerprint density at radius 1 is 0.453 bits per heavy atom. The topological polar surface area (TPSA) is 34.5 Å². The molecule has 0 saturated carbocycles. The number of fused-ring (bicyclic) bond motifs is 9. The highest BCUT2D eigenvalue weighted by atomic mass is 16.3. The van der Waals surface area contributed by atoms with Gasteiger partial charge in [-0.3, -0.25) is 0 Å². The second-order valence-corrected chi connectivity index (χ2v) is 16.2. The van der Waals surface area contributed by atoms with Crippen LogP contribution in [0.4, 0.5) is 11.4 Å². The summed E-state index contributed by atoms with van der Waals surface area (Å²) in [4.78, 5) is 2.23. The van der Waals surface area contributed by atoms with Crippen LogP contribution in [-0.2, 0) is 0 Å². The number of para-hydroxylation sites is 2. The maximum atomic E-state index is 7.01. The average molecular weight is 821 g/mol. The Kier molecular flexibility index (Phi) is 8.77. The van der Waals surface area contributed by atoms with Crippen LogP contribution >= 0.6 is 0 Å². The summed E-state index contributed by atoms with van der Waals surface area (Å²) in [7, 11) is 0. The van der Waals surface area contributed by atoms with Crippen molar-refractivity contribution in [3.05, 3.63) is 237 Å². The van der Waals surface area contributed by atoms with Gasteiger partial charge in [0.15, 0.2) is 0 Å². The van der Waals surface area contributed by atoms with E-state index in [0.29, 0.717) is 0 Å². The fraction of sp³-hybridized carbons (Fsp3) is 0. The number of nitrogens with zero attached hydrogens (tertiary/aromatic N) is 2. The molecule has 3 aromatic heterocycles. The van der Waals surface area contributed by atoms with Crippen LogP contribution in [0.5, 0.6) is 0 Å². The van der Waals surface area contributed by atoms with E-state index in [0.717, 1.165) is 111 Å². The monoisotopic (exact) mass is 820 g/mol. The molecule has 9 aromatic carbocycles. The SMILES string of the molecule is C=C/C(=C\C(=C)N(c1ccc2c(c1)oc1cc(-c3ccccc3)ccc12)c1ccc(-c2ccccc2)c2oc3cc(-c4ccccc4)ccc3c12)n1c2ccccc2c2ccccc21. The standard InChI is InChI=1S/C60H40N2O2/c1-3-45(62-53-25-15-13-23-48(53)49-24-14-16-26-54(49)62)35-39(2)61(46-29-32-51-50-30-27-43(40-17-7-4-8-18-40)36-56(50)63-58(51)38-46)55-34-33-47(42-21-11-6-12-22-42)60-59(55)52-31-28-44(37-57(52)64-60)41-19-9-5-10-20-41/h3-38H,1-2H2/b45-35+. The second-order valence-electron chi connectivity index (χ2n) is 16.2. The van der Waals surface area contributed by atoms with Crippen LogP contribution in [0.15, 0.2) is 246 Å². The molecule has 0 bridgehead atoms. The summed E-state index contributed by atoms with van der Waals surface area (Å²) in [5.74, 6) is 0. The van der Waals surface area contributed by atoms with Crippen LogP contribution in [-0.4, -0.2) is 4.57 Å². The summed E-state index contributed by atoms with van der Waals surface area (Å²) in [5, 5.41) is 6.46. The lowest BCUT2D eigenvalue weighted by molar-refractivity contribution is 0.669. The molecule has 3 heterocycles. The number of rotatable bonds is 9. The van der Waals surface area contributed by atoms with Gasteiger partial charge in [-0.15, -0.1) is 0 Å². The van der Waals surface area contributed by atoms with Gasteiger partial charge in [-0.1, -0.05) is 153 Å². The number of hydrogen-bond donors (Lipinski definition) is 0. The summed E-state index contributed by atoms with van der Waals surface area (Å²) < 4.78 is 16.0. The van der Waals surface area contributed by atoms with Gasteiger partial charge in [0, 0.05) is 55.6 Å². The lowest BCUT2D eigenvalue weighted by atomic mass is 9.98. The lowest BCUT2D eigenvalue weighted by Gasteiger charge is -2.27. The highest BCUT2D eigenvalue weighted by Crippen LogP contribution is 2.47. The fourth-order valence-corrected chi connectivity index (χ4v) is 9.53. The Morgan fingerprint density at radius 3 is 1.58 bits per heavy atom. The minimum atomic E-state index is 0.739. The van der Waals surface area contributed by atoms with Gasteiger partial charge in [-0.05, 0) is 101 Å². The lowest BCUT2D eigenvalue weighted by Crippen LogP contribution is -2.15. The molecule has 0 saturated heterocycles. The van der Waals surface area contributed by atoms with Crippen molar-refractivity contribution in [1.82, 2.24) is 4.57 Å². The smallest absolute Gasteiger partial charge is 0.145 e. The van der Waals surface area contributed by atoms with Crippen molar-refractivity contribution >= 4 is 82.8 Å². The molecule has 4 heteroatoms. The molecular formula is C60H40N2O2. The number of anilines is 2. The number of aromatic nitrogens is 1. The molecule has 0 unspecified atom stereocenters. The van der Waals surface area contributed by atoms with E-state index in [1.807, 2.05) is 24.3 Å². The van der Waals surface area contributed by atoms with Crippen molar-refractivity contribution in [2.24, 2.45) is 0 Å². The molecule has 0 radical (unpaired) electrons. The Labute approximate surface area is 370 Å². The van der Waals surface area contributed by atoms with E-state index < -0.39 is 0 Å². The molecule has 0 atom stereocenters. The van der Waals surface area contributed by atoms with E-state index >= 15 is 0 Å². The normalized spacial score (nSPS) is 12.0. The summed E-state index contributed by atoms with van der Waals surface area (Å²) in [6.07, 6.45) is 4.05. The number of furan rings is 2. The van der Waals surface area contributed by atoms with Crippen molar-refractivity contribution in [2.45, 2.75) is 0 Å². The van der Waals surface area contributed by atoms with E-state index in [1.54, 1.807) is 0 Å². The van der Waals surface area contributed by atoms with Crippen molar-refractivity contribution in [3.63, 3.8) is 0 Å². The molecule has 0 amide bonds. The zero-order chi connectivity index (χ0) is 42.7. The number of benzene rings is 9. The summed E-state index contributed by atoms with van der Waals surface area (Å²) in [5.41, 5.74) is 15.4. The van der Waals surface area contributed by atoms with E-state index in [1.165, 1.54) is 10.8 Å². The maximum Gasteiger partial charge on any atom is 0.145 e. The van der Waals surface area contributed by atoms with E-state index in [2.05, 4.69) is 210 Å². The minimum absolute atomic E-state index is 0.739. The van der Waals surface area contributed by atoms with Gasteiger partial charge in [-0.25, -0.2) is 0 Å². The van der Waals surface area contributed by atoms with Crippen molar-refractivity contribution < 1.29 is 8.83 Å². The van der Waals surface area contributed by atoms with Crippen LogP contribution in [0.2, 0.25) is 0 Å². The van der Waals surface area contributed by atoms with E-state index in [-0.39, 0.29) is 0 Å². The largest absolute Gasteiger partial charge is 0.456 e. The molecule has 64 heavy (non-hydrogen) atoms. The second kappa shape index (κ2) is 15.1. The van der Waals surface area contributed by atoms with E-state index in [9.17, 15) is 0 Å².